The van der Waals surface area contributed by atoms with Crippen LogP contribution in [0, 0.1) is 5.92 Å². The molecule has 1 amide bonds. The Labute approximate surface area is 98.6 Å². The van der Waals surface area contributed by atoms with Crippen molar-refractivity contribution in [2.45, 2.75) is 58.0 Å². The van der Waals surface area contributed by atoms with Crippen molar-refractivity contribution < 1.29 is 4.79 Å². The van der Waals surface area contributed by atoms with Gasteiger partial charge in [0.2, 0.25) is 5.91 Å². The average molecular weight is 224 g/mol. The van der Waals surface area contributed by atoms with Gasteiger partial charge in [0.1, 0.15) is 0 Å². The lowest BCUT2D eigenvalue weighted by Crippen LogP contribution is -2.47. The number of rotatable bonds is 2. The standard InChI is InChI=1S/C13H24N2O/c1-13(2,3)14-12(16)10-6-8-15(9-7-10)11-4-5-11/h10-11H,4-9H2,1-3H3,(H,14,16). The van der Waals surface area contributed by atoms with Crippen molar-refractivity contribution in [3.63, 3.8) is 0 Å². The van der Waals surface area contributed by atoms with Crippen LogP contribution in [0.2, 0.25) is 0 Å². The summed E-state index contributed by atoms with van der Waals surface area (Å²) in [6, 6.07) is 0.853. The smallest absolute Gasteiger partial charge is 0.223 e. The Morgan fingerprint density at radius 1 is 1.12 bits per heavy atom. The number of hydrogen-bond donors (Lipinski definition) is 1. The first-order chi connectivity index (χ1) is 7.46. The predicted molar refractivity (Wildman–Crippen MR) is 65.2 cm³/mol. The minimum absolute atomic E-state index is 0.0925. The van der Waals surface area contributed by atoms with Gasteiger partial charge in [0.25, 0.3) is 0 Å². The highest BCUT2D eigenvalue weighted by Crippen LogP contribution is 2.30. The molecule has 2 rings (SSSR count). The van der Waals surface area contributed by atoms with Crippen LogP contribution < -0.4 is 5.32 Å². The Bertz CT molecular complexity index is 258. The average Bonchev–Trinajstić information content (AvgIpc) is 2.98. The van der Waals surface area contributed by atoms with Crippen LogP contribution in [0.3, 0.4) is 0 Å². The Kier molecular flexibility index (Phi) is 3.24. The van der Waals surface area contributed by atoms with Gasteiger partial charge in [-0.3, -0.25) is 4.79 Å². The van der Waals surface area contributed by atoms with Gasteiger partial charge in [0, 0.05) is 17.5 Å². The first-order valence-electron chi connectivity index (χ1n) is 6.52. The van der Waals surface area contributed by atoms with E-state index < -0.39 is 0 Å². The highest BCUT2D eigenvalue weighted by Gasteiger charge is 2.34. The van der Waals surface area contributed by atoms with Crippen molar-refractivity contribution in [3.05, 3.63) is 0 Å². The van der Waals surface area contributed by atoms with Crippen LogP contribution in [0.25, 0.3) is 0 Å². The van der Waals surface area contributed by atoms with E-state index in [9.17, 15) is 4.79 Å². The third-order valence-electron chi connectivity index (χ3n) is 3.46. The van der Waals surface area contributed by atoms with E-state index in [0.29, 0.717) is 0 Å². The molecule has 92 valence electrons. The number of amides is 1. The Balaban J connectivity index is 1.77. The van der Waals surface area contributed by atoms with Gasteiger partial charge in [-0.2, -0.15) is 0 Å². The zero-order valence-electron chi connectivity index (χ0n) is 10.8. The largest absolute Gasteiger partial charge is 0.351 e. The van der Waals surface area contributed by atoms with Crippen LogP contribution in [-0.2, 0) is 4.79 Å². The maximum absolute atomic E-state index is 12.0. The summed E-state index contributed by atoms with van der Waals surface area (Å²) in [6.07, 6.45) is 4.83. The molecule has 1 heterocycles. The SMILES string of the molecule is CC(C)(C)NC(=O)C1CCN(C2CC2)CC1. The van der Waals surface area contributed by atoms with Crippen molar-refractivity contribution in [3.8, 4) is 0 Å². The van der Waals surface area contributed by atoms with E-state index in [4.69, 9.17) is 0 Å². The monoisotopic (exact) mass is 224 g/mol. The van der Waals surface area contributed by atoms with Crippen LogP contribution in [0.15, 0.2) is 0 Å². The normalized spacial score (nSPS) is 24.4. The lowest BCUT2D eigenvalue weighted by Gasteiger charge is -2.33. The molecule has 0 bridgehead atoms. The predicted octanol–water partition coefficient (Wildman–Crippen LogP) is 1.78. The molecular formula is C13H24N2O. The molecule has 0 aromatic heterocycles. The van der Waals surface area contributed by atoms with Crippen molar-refractivity contribution in [1.29, 1.82) is 0 Å². The van der Waals surface area contributed by atoms with Crippen molar-refractivity contribution in [1.82, 2.24) is 10.2 Å². The molecule has 1 saturated carbocycles. The minimum Gasteiger partial charge on any atom is -0.351 e. The van der Waals surface area contributed by atoms with Gasteiger partial charge in [-0.15, -0.1) is 0 Å². The topological polar surface area (TPSA) is 32.3 Å². The van der Waals surface area contributed by atoms with Crippen LogP contribution in [0.5, 0.6) is 0 Å². The fraction of sp³-hybridized carbons (Fsp3) is 0.923. The lowest BCUT2D eigenvalue weighted by atomic mass is 9.94. The number of nitrogens with one attached hydrogen (secondary N) is 1. The summed E-state index contributed by atoms with van der Waals surface area (Å²) in [6.45, 7) is 8.37. The van der Waals surface area contributed by atoms with Gasteiger partial charge >= 0.3 is 0 Å². The van der Waals surface area contributed by atoms with Crippen molar-refractivity contribution in [2.24, 2.45) is 5.92 Å². The zero-order chi connectivity index (χ0) is 11.8. The number of nitrogens with zero attached hydrogens (tertiary/aromatic N) is 1. The number of hydrogen-bond acceptors (Lipinski definition) is 2. The maximum Gasteiger partial charge on any atom is 0.223 e. The molecule has 1 aliphatic carbocycles. The second-order valence-corrected chi connectivity index (χ2v) is 6.28. The van der Waals surface area contributed by atoms with Crippen molar-refractivity contribution in [2.75, 3.05) is 13.1 Å². The van der Waals surface area contributed by atoms with Gasteiger partial charge in [-0.05, 0) is 59.5 Å². The summed E-state index contributed by atoms with van der Waals surface area (Å²) in [5.41, 5.74) is -0.0925. The van der Waals surface area contributed by atoms with E-state index >= 15 is 0 Å². The molecule has 0 unspecified atom stereocenters. The second-order valence-electron chi connectivity index (χ2n) is 6.28. The summed E-state index contributed by atoms with van der Waals surface area (Å²) < 4.78 is 0. The molecule has 16 heavy (non-hydrogen) atoms. The van der Waals surface area contributed by atoms with Gasteiger partial charge in [-0.25, -0.2) is 0 Å². The third-order valence-corrected chi connectivity index (χ3v) is 3.46. The van der Waals surface area contributed by atoms with E-state index in [2.05, 4.69) is 10.2 Å². The summed E-state index contributed by atoms with van der Waals surface area (Å²) >= 11 is 0. The lowest BCUT2D eigenvalue weighted by molar-refractivity contribution is -0.127. The summed E-state index contributed by atoms with van der Waals surface area (Å²) in [4.78, 5) is 14.5. The molecule has 3 nitrogen and oxygen atoms in total. The first kappa shape index (κ1) is 11.9. The fourth-order valence-corrected chi connectivity index (χ4v) is 2.44. The van der Waals surface area contributed by atoms with Crippen LogP contribution in [0.1, 0.15) is 46.5 Å². The maximum atomic E-state index is 12.0. The third kappa shape index (κ3) is 3.21. The zero-order valence-corrected chi connectivity index (χ0v) is 10.8. The molecule has 0 spiro atoms. The van der Waals surface area contributed by atoms with Gasteiger partial charge < -0.3 is 10.2 Å². The Morgan fingerprint density at radius 2 is 1.69 bits per heavy atom. The molecule has 2 fully saturated rings. The molecular weight excluding hydrogens is 200 g/mol. The van der Waals surface area contributed by atoms with Gasteiger partial charge in [0.05, 0.1) is 0 Å². The highest BCUT2D eigenvalue weighted by atomic mass is 16.2. The first-order valence-corrected chi connectivity index (χ1v) is 6.52. The van der Waals surface area contributed by atoms with Crippen LogP contribution in [0.4, 0.5) is 0 Å². The van der Waals surface area contributed by atoms with Crippen LogP contribution >= 0.6 is 0 Å². The van der Waals surface area contributed by atoms with E-state index in [1.165, 1.54) is 12.8 Å². The summed E-state index contributed by atoms with van der Waals surface area (Å²) in [5.74, 6) is 0.497. The van der Waals surface area contributed by atoms with E-state index in [1.807, 2.05) is 20.8 Å². The molecule has 0 radical (unpaired) electrons. The molecule has 1 N–H and O–H groups in total. The fourth-order valence-electron chi connectivity index (χ4n) is 2.44. The number of piperidine rings is 1. The molecule has 1 aliphatic heterocycles. The molecule has 3 heteroatoms. The second kappa shape index (κ2) is 4.36. The molecule has 0 aromatic carbocycles. The Hall–Kier alpha value is -0.570. The minimum atomic E-state index is -0.0925. The highest BCUT2D eigenvalue weighted by molar-refractivity contribution is 5.79. The summed E-state index contributed by atoms with van der Waals surface area (Å²) in [5, 5.41) is 3.09. The molecule has 0 atom stereocenters. The number of carbonyl (C=O) groups is 1. The molecule has 2 aliphatic rings. The van der Waals surface area contributed by atoms with Crippen molar-refractivity contribution >= 4 is 5.91 Å². The van der Waals surface area contributed by atoms with E-state index in [0.717, 1.165) is 32.0 Å². The summed E-state index contributed by atoms with van der Waals surface area (Å²) in [7, 11) is 0. The molecule has 1 saturated heterocycles. The van der Waals surface area contributed by atoms with Crippen LogP contribution in [-0.4, -0.2) is 35.5 Å². The van der Waals surface area contributed by atoms with Gasteiger partial charge in [-0.1, -0.05) is 0 Å². The van der Waals surface area contributed by atoms with E-state index in [1.54, 1.807) is 0 Å². The Morgan fingerprint density at radius 3 is 2.12 bits per heavy atom. The number of carbonyl (C=O) groups excluding carboxylic acids is 1. The van der Waals surface area contributed by atoms with Gasteiger partial charge in [0.15, 0.2) is 0 Å². The van der Waals surface area contributed by atoms with E-state index in [-0.39, 0.29) is 17.4 Å². The quantitative estimate of drug-likeness (QED) is 0.775. The number of likely N-dealkylation sites (tertiary alicyclic amines) is 1. The molecule has 0 aromatic rings.